The first kappa shape index (κ1) is 14.5. The van der Waals surface area contributed by atoms with Gasteiger partial charge in [-0.15, -0.1) is 0 Å². The van der Waals surface area contributed by atoms with Crippen molar-refractivity contribution in [2.75, 3.05) is 11.9 Å². The van der Waals surface area contributed by atoms with Gasteiger partial charge < -0.3 is 14.8 Å². The van der Waals surface area contributed by atoms with Crippen LogP contribution in [0.2, 0.25) is 0 Å². The fourth-order valence-electron chi connectivity index (χ4n) is 2.32. The lowest BCUT2D eigenvalue weighted by Crippen LogP contribution is -2.30. The van der Waals surface area contributed by atoms with Gasteiger partial charge in [0.2, 0.25) is 0 Å². The molecule has 0 aliphatic carbocycles. The highest BCUT2D eigenvalue weighted by atomic mass is 16.4. The monoisotopic (exact) mass is 297 g/mol. The smallest absolute Gasteiger partial charge is 0.148 e. The average Bonchev–Trinajstić information content (AvgIpc) is 2.92. The summed E-state index contributed by atoms with van der Waals surface area (Å²) in [5, 5.41) is 13.7. The molecule has 1 aromatic carbocycles. The van der Waals surface area contributed by atoms with Gasteiger partial charge >= 0.3 is 0 Å². The molecule has 0 saturated carbocycles. The lowest BCUT2D eigenvalue weighted by molar-refractivity contribution is 0.0467. The van der Waals surface area contributed by atoms with Crippen LogP contribution in [0.15, 0.2) is 40.8 Å². The molecule has 0 aliphatic rings. The number of benzene rings is 1. The van der Waals surface area contributed by atoms with E-state index >= 15 is 0 Å². The Morgan fingerprint density at radius 2 is 1.77 bits per heavy atom. The van der Waals surface area contributed by atoms with E-state index in [1.54, 1.807) is 13.0 Å². The number of nitrogens with zero attached hydrogens (tertiary/aromatic N) is 2. The molecule has 1 unspecified atom stereocenters. The molecule has 0 fully saturated rings. The molecule has 114 valence electrons. The van der Waals surface area contributed by atoms with Gasteiger partial charge in [0.05, 0.1) is 23.3 Å². The molecular formula is C17H19N3O2. The Bertz CT molecular complexity index is 809. The zero-order valence-electron chi connectivity index (χ0n) is 12.9. The van der Waals surface area contributed by atoms with E-state index in [2.05, 4.69) is 15.3 Å². The van der Waals surface area contributed by atoms with Crippen LogP contribution >= 0.6 is 0 Å². The third-order valence-electron chi connectivity index (χ3n) is 3.62. The topological polar surface area (TPSA) is 71.2 Å². The van der Waals surface area contributed by atoms with Crippen LogP contribution in [0.25, 0.3) is 11.0 Å². The van der Waals surface area contributed by atoms with Gasteiger partial charge in [-0.05, 0) is 45.0 Å². The van der Waals surface area contributed by atoms with Crippen LogP contribution in [0.3, 0.4) is 0 Å². The maximum absolute atomic E-state index is 10.6. The van der Waals surface area contributed by atoms with E-state index in [0.29, 0.717) is 11.6 Å². The quantitative estimate of drug-likeness (QED) is 0.774. The van der Waals surface area contributed by atoms with Crippen molar-refractivity contribution in [3.63, 3.8) is 0 Å². The molecule has 22 heavy (non-hydrogen) atoms. The van der Waals surface area contributed by atoms with Gasteiger partial charge in [0.25, 0.3) is 0 Å². The Kier molecular flexibility index (Phi) is 3.58. The molecule has 0 aliphatic heterocycles. The summed E-state index contributed by atoms with van der Waals surface area (Å²) in [7, 11) is 0. The molecule has 2 N–H and O–H groups in total. The Balaban J connectivity index is 1.82. The summed E-state index contributed by atoms with van der Waals surface area (Å²) >= 11 is 0. The molecule has 0 saturated heterocycles. The minimum atomic E-state index is -1.12. The van der Waals surface area contributed by atoms with Crippen molar-refractivity contribution in [3.8, 4) is 0 Å². The van der Waals surface area contributed by atoms with E-state index < -0.39 is 5.60 Å². The number of aliphatic hydroxyl groups is 1. The summed E-state index contributed by atoms with van der Waals surface area (Å²) in [5.41, 5.74) is 1.36. The second kappa shape index (κ2) is 5.42. The average molecular weight is 297 g/mol. The highest BCUT2D eigenvalue weighted by molar-refractivity contribution is 5.76. The third-order valence-corrected chi connectivity index (χ3v) is 3.62. The molecule has 0 radical (unpaired) electrons. The first-order valence-corrected chi connectivity index (χ1v) is 7.22. The van der Waals surface area contributed by atoms with E-state index in [1.807, 2.05) is 44.2 Å². The largest absolute Gasteiger partial charge is 0.463 e. The highest BCUT2D eigenvalue weighted by Gasteiger charge is 2.27. The van der Waals surface area contributed by atoms with Crippen LogP contribution in [-0.2, 0) is 5.60 Å². The van der Waals surface area contributed by atoms with Gasteiger partial charge in [-0.3, -0.25) is 0 Å². The number of furan rings is 1. The number of aryl methyl sites for hydroxylation is 2. The van der Waals surface area contributed by atoms with Crippen LogP contribution in [0, 0.1) is 13.8 Å². The van der Waals surface area contributed by atoms with Crippen molar-refractivity contribution in [2.24, 2.45) is 0 Å². The fourth-order valence-corrected chi connectivity index (χ4v) is 2.32. The highest BCUT2D eigenvalue weighted by Crippen LogP contribution is 2.24. The zero-order valence-corrected chi connectivity index (χ0v) is 12.9. The molecule has 5 heteroatoms. The SMILES string of the molecule is Cc1ccc(C(C)(O)CNc2nc3ccccc3nc2C)o1. The molecule has 5 nitrogen and oxygen atoms in total. The van der Waals surface area contributed by atoms with Crippen molar-refractivity contribution in [2.45, 2.75) is 26.4 Å². The number of para-hydroxylation sites is 2. The molecule has 2 heterocycles. The summed E-state index contributed by atoms with van der Waals surface area (Å²) in [4.78, 5) is 9.08. The van der Waals surface area contributed by atoms with Gasteiger partial charge in [0.15, 0.2) is 0 Å². The van der Waals surface area contributed by atoms with E-state index in [1.165, 1.54) is 0 Å². The number of rotatable bonds is 4. The number of nitrogens with one attached hydrogen (secondary N) is 1. The number of hydrogen-bond donors (Lipinski definition) is 2. The summed E-state index contributed by atoms with van der Waals surface area (Å²) < 4.78 is 5.51. The van der Waals surface area contributed by atoms with Crippen molar-refractivity contribution in [3.05, 3.63) is 53.6 Å². The standard InChI is InChI=1S/C17H19N3O2/c1-11-8-9-15(22-11)17(3,21)10-18-16-12(2)19-13-6-4-5-7-14(13)20-16/h4-9,21H,10H2,1-3H3,(H,18,20). The Labute approximate surface area is 129 Å². The van der Waals surface area contributed by atoms with Gasteiger partial charge in [-0.1, -0.05) is 12.1 Å². The normalized spacial score (nSPS) is 14.0. The second-order valence-corrected chi connectivity index (χ2v) is 5.68. The lowest BCUT2D eigenvalue weighted by Gasteiger charge is -2.22. The molecule has 2 aromatic heterocycles. The molecule has 0 amide bonds. The fraction of sp³-hybridized carbons (Fsp3) is 0.294. The first-order valence-electron chi connectivity index (χ1n) is 7.22. The third kappa shape index (κ3) is 2.80. The maximum Gasteiger partial charge on any atom is 0.148 e. The van der Waals surface area contributed by atoms with Crippen LogP contribution in [-0.4, -0.2) is 21.6 Å². The van der Waals surface area contributed by atoms with E-state index in [0.717, 1.165) is 22.5 Å². The van der Waals surface area contributed by atoms with Gasteiger partial charge in [-0.2, -0.15) is 0 Å². The molecule has 0 bridgehead atoms. The molecule has 3 aromatic rings. The van der Waals surface area contributed by atoms with Gasteiger partial charge in [-0.25, -0.2) is 9.97 Å². The summed E-state index contributed by atoms with van der Waals surface area (Å²) in [6.45, 7) is 5.75. The van der Waals surface area contributed by atoms with Crippen LogP contribution in [0.4, 0.5) is 5.82 Å². The Morgan fingerprint density at radius 1 is 1.09 bits per heavy atom. The minimum Gasteiger partial charge on any atom is -0.463 e. The number of hydrogen-bond acceptors (Lipinski definition) is 5. The van der Waals surface area contributed by atoms with E-state index in [4.69, 9.17) is 4.42 Å². The number of anilines is 1. The maximum atomic E-state index is 10.6. The van der Waals surface area contributed by atoms with Gasteiger partial charge in [0.1, 0.15) is 22.9 Å². The van der Waals surface area contributed by atoms with Crippen molar-refractivity contribution >= 4 is 16.9 Å². The first-order chi connectivity index (χ1) is 10.5. The predicted octanol–water partition coefficient (Wildman–Crippen LogP) is 3.16. The van der Waals surface area contributed by atoms with Crippen LogP contribution in [0.5, 0.6) is 0 Å². The van der Waals surface area contributed by atoms with Crippen LogP contribution in [0.1, 0.15) is 24.1 Å². The Hall–Kier alpha value is -2.40. The Morgan fingerprint density at radius 3 is 2.41 bits per heavy atom. The number of aromatic nitrogens is 2. The molecule has 3 rings (SSSR count). The molecule has 1 atom stereocenters. The molecular weight excluding hydrogens is 278 g/mol. The second-order valence-electron chi connectivity index (χ2n) is 5.68. The zero-order chi connectivity index (χ0) is 15.7. The summed E-state index contributed by atoms with van der Waals surface area (Å²) in [6.07, 6.45) is 0. The van der Waals surface area contributed by atoms with Crippen molar-refractivity contribution in [1.29, 1.82) is 0 Å². The van der Waals surface area contributed by atoms with Crippen molar-refractivity contribution < 1.29 is 9.52 Å². The number of fused-ring (bicyclic) bond motifs is 1. The van der Waals surface area contributed by atoms with Crippen LogP contribution < -0.4 is 5.32 Å². The van der Waals surface area contributed by atoms with Crippen molar-refractivity contribution in [1.82, 2.24) is 9.97 Å². The minimum absolute atomic E-state index is 0.286. The predicted molar refractivity (Wildman–Crippen MR) is 85.8 cm³/mol. The molecule has 0 spiro atoms. The van der Waals surface area contributed by atoms with Gasteiger partial charge in [0, 0.05) is 0 Å². The van der Waals surface area contributed by atoms with E-state index in [-0.39, 0.29) is 6.54 Å². The van der Waals surface area contributed by atoms with E-state index in [9.17, 15) is 5.11 Å². The summed E-state index contributed by atoms with van der Waals surface area (Å²) in [6, 6.07) is 11.3. The lowest BCUT2D eigenvalue weighted by atomic mass is 10.0. The summed E-state index contributed by atoms with van der Waals surface area (Å²) in [5.74, 6) is 1.98.